The monoisotopic (exact) mass is 454 g/mol. The first kappa shape index (κ1) is 24.1. The maximum Gasteiger partial charge on any atom is 0.308 e. The number of carbonyl (C=O) groups excluding carboxylic acids is 3. The lowest BCUT2D eigenvalue weighted by atomic mass is 10.0. The van der Waals surface area contributed by atoms with Gasteiger partial charge in [0.2, 0.25) is 5.91 Å². The SMILES string of the molecule is COc1ccc(CCC(=O)NC2CCN(C(=O)c3cccc(OC(C)=O)c3)CC2)cc1OC. The second-order valence-corrected chi connectivity index (χ2v) is 7.94. The van der Waals surface area contributed by atoms with Gasteiger partial charge in [-0.15, -0.1) is 0 Å². The van der Waals surface area contributed by atoms with E-state index in [0.717, 1.165) is 5.56 Å². The van der Waals surface area contributed by atoms with E-state index in [2.05, 4.69) is 5.32 Å². The normalized spacial score (nSPS) is 13.8. The predicted molar refractivity (Wildman–Crippen MR) is 123 cm³/mol. The van der Waals surface area contributed by atoms with Crippen molar-refractivity contribution in [1.29, 1.82) is 0 Å². The van der Waals surface area contributed by atoms with E-state index in [1.54, 1.807) is 43.4 Å². The van der Waals surface area contributed by atoms with E-state index in [1.807, 2.05) is 18.2 Å². The highest BCUT2D eigenvalue weighted by Gasteiger charge is 2.25. The van der Waals surface area contributed by atoms with Crippen molar-refractivity contribution < 1.29 is 28.6 Å². The number of likely N-dealkylation sites (tertiary alicyclic amines) is 1. The average Bonchev–Trinajstić information content (AvgIpc) is 2.82. The van der Waals surface area contributed by atoms with E-state index in [1.165, 1.54) is 6.92 Å². The van der Waals surface area contributed by atoms with Gasteiger partial charge in [-0.2, -0.15) is 0 Å². The summed E-state index contributed by atoms with van der Waals surface area (Å²) in [5.41, 5.74) is 1.48. The molecule has 0 spiro atoms. The summed E-state index contributed by atoms with van der Waals surface area (Å²) in [7, 11) is 3.17. The minimum absolute atomic E-state index is 0.0105. The van der Waals surface area contributed by atoms with E-state index in [-0.39, 0.29) is 17.9 Å². The Labute approximate surface area is 193 Å². The first-order valence-corrected chi connectivity index (χ1v) is 11.0. The lowest BCUT2D eigenvalue weighted by molar-refractivity contribution is -0.131. The number of piperidine rings is 1. The molecule has 1 N–H and O–H groups in total. The summed E-state index contributed by atoms with van der Waals surface area (Å²) in [6, 6.07) is 12.3. The number of hydrogen-bond donors (Lipinski definition) is 1. The standard InChI is InChI=1S/C25H30N2O6/c1-17(28)33-21-6-4-5-19(16-21)25(30)27-13-11-20(12-14-27)26-24(29)10-8-18-7-9-22(31-2)23(15-18)32-3/h4-7,9,15-16,20H,8,10-14H2,1-3H3,(H,26,29). The van der Waals surface area contributed by atoms with Crippen LogP contribution in [-0.4, -0.2) is 56.0 Å². The van der Waals surface area contributed by atoms with Crippen molar-refractivity contribution in [3.63, 3.8) is 0 Å². The minimum Gasteiger partial charge on any atom is -0.493 e. The van der Waals surface area contributed by atoms with Gasteiger partial charge in [-0.05, 0) is 55.2 Å². The molecular weight excluding hydrogens is 424 g/mol. The molecule has 1 saturated heterocycles. The molecule has 0 bridgehead atoms. The Morgan fingerprint density at radius 3 is 2.39 bits per heavy atom. The molecule has 0 atom stereocenters. The van der Waals surface area contributed by atoms with Crippen molar-refractivity contribution in [3.05, 3.63) is 53.6 Å². The molecule has 0 radical (unpaired) electrons. The molecule has 8 heteroatoms. The number of ether oxygens (including phenoxy) is 3. The zero-order valence-corrected chi connectivity index (χ0v) is 19.3. The number of nitrogens with zero attached hydrogens (tertiary/aromatic N) is 1. The molecule has 176 valence electrons. The fraction of sp³-hybridized carbons (Fsp3) is 0.400. The fourth-order valence-electron chi connectivity index (χ4n) is 3.86. The number of aryl methyl sites for hydroxylation is 1. The van der Waals surface area contributed by atoms with E-state index in [9.17, 15) is 14.4 Å². The highest BCUT2D eigenvalue weighted by atomic mass is 16.5. The molecule has 0 aliphatic carbocycles. The van der Waals surface area contributed by atoms with Crippen molar-refractivity contribution in [2.45, 2.75) is 38.6 Å². The van der Waals surface area contributed by atoms with Gasteiger partial charge in [-0.25, -0.2) is 0 Å². The molecular formula is C25H30N2O6. The van der Waals surface area contributed by atoms with E-state index in [0.29, 0.717) is 61.6 Å². The van der Waals surface area contributed by atoms with Crippen LogP contribution in [0.4, 0.5) is 0 Å². The Bertz CT molecular complexity index is 998. The second-order valence-electron chi connectivity index (χ2n) is 7.94. The first-order chi connectivity index (χ1) is 15.9. The third kappa shape index (κ3) is 6.71. The number of esters is 1. The number of hydrogen-bond acceptors (Lipinski definition) is 6. The molecule has 0 unspecified atom stereocenters. The minimum atomic E-state index is -0.428. The third-order valence-electron chi connectivity index (χ3n) is 5.58. The maximum atomic E-state index is 12.8. The molecule has 1 heterocycles. The van der Waals surface area contributed by atoms with Crippen LogP contribution in [0.5, 0.6) is 17.2 Å². The lowest BCUT2D eigenvalue weighted by Crippen LogP contribution is -2.46. The molecule has 1 fully saturated rings. The van der Waals surface area contributed by atoms with E-state index >= 15 is 0 Å². The number of rotatable bonds is 8. The van der Waals surface area contributed by atoms with Crippen LogP contribution < -0.4 is 19.5 Å². The molecule has 33 heavy (non-hydrogen) atoms. The zero-order chi connectivity index (χ0) is 23.8. The molecule has 2 amide bonds. The van der Waals surface area contributed by atoms with Crippen molar-refractivity contribution >= 4 is 17.8 Å². The summed E-state index contributed by atoms with van der Waals surface area (Å²) in [6.45, 7) is 2.43. The van der Waals surface area contributed by atoms with Gasteiger partial charge in [0, 0.05) is 38.0 Å². The highest BCUT2D eigenvalue weighted by Crippen LogP contribution is 2.28. The lowest BCUT2D eigenvalue weighted by Gasteiger charge is -2.32. The Morgan fingerprint density at radius 1 is 1.00 bits per heavy atom. The van der Waals surface area contributed by atoms with E-state index < -0.39 is 5.97 Å². The van der Waals surface area contributed by atoms with Crippen LogP contribution in [0.3, 0.4) is 0 Å². The molecule has 0 aromatic heterocycles. The van der Waals surface area contributed by atoms with Gasteiger partial charge < -0.3 is 24.4 Å². The highest BCUT2D eigenvalue weighted by molar-refractivity contribution is 5.94. The number of amides is 2. The van der Waals surface area contributed by atoms with Gasteiger partial charge >= 0.3 is 5.97 Å². The molecule has 1 aliphatic rings. The van der Waals surface area contributed by atoms with Gasteiger partial charge in [0.1, 0.15) is 5.75 Å². The molecule has 8 nitrogen and oxygen atoms in total. The van der Waals surface area contributed by atoms with Crippen LogP contribution in [-0.2, 0) is 16.0 Å². The van der Waals surface area contributed by atoms with Crippen molar-refractivity contribution in [2.24, 2.45) is 0 Å². The van der Waals surface area contributed by atoms with Gasteiger partial charge in [0.15, 0.2) is 11.5 Å². The summed E-state index contributed by atoms with van der Waals surface area (Å²) >= 11 is 0. The fourth-order valence-corrected chi connectivity index (χ4v) is 3.86. The van der Waals surface area contributed by atoms with Crippen LogP contribution >= 0.6 is 0 Å². The molecule has 2 aromatic rings. The molecule has 0 saturated carbocycles. The van der Waals surface area contributed by atoms with Crippen molar-refractivity contribution in [3.8, 4) is 17.2 Å². The Hall–Kier alpha value is -3.55. The zero-order valence-electron chi connectivity index (χ0n) is 19.3. The quantitative estimate of drug-likeness (QED) is 0.487. The number of benzene rings is 2. The smallest absolute Gasteiger partial charge is 0.308 e. The van der Waals surface area contributed by atoms with Crippen LogP contribution in [0.2, 0.25) is 0 Å². The van der Waals surface area contributed by atoms with Crippen molar-refractivity contribution in [2.75, 3.05) is 27.3 Å². The van der Waals surface area contributed by atoms with Crippen LogP contribution in [0.15, 0.2) is 42.5 Å². The topological polar surface area (TPSA) is 94.2 Å². The van der Waals surface area contributed by atoms with Crippen LogP contribution in [0, 0.1) is 0 Å². The summed E-state index contributed by atoms with van der Waals surface area (Å²) in [5.74, 6) is 1.11. The summed E-state index contributed by atoms with van der Waals surface area (Å²) in [6.07, 6.45) is 2.36. The van der Waals surface area contributed by atoms with Crippen LogP contribution in [0.25, 0.3) is 0 Å². The number of nitrogens with one attached hydrogen (secondary N) is 1. The van der Waals surface area contributed by atoms with E-state index in [4.69, 9.17) is 14.2 Å². The van der Waals surface area contributed by atoms with Gasteiger partial charge in [-0.1, -0.05) is 12.1 Å². The van der Waals surface area contributed by atoms with Gasteiger partial charge in [0.05, 0.1) is 14.2 Å². The van der Waals surface area contributed by atoms with Crippen LogP contribution in [0.1, 0.15) is 42.1 Å². The molecule has 3 rings (SSSR count). The second kappa shape index (κ2) is 11.4. The Kier molecular flexibility index (Phi) is 8.29. The average molecular weight is 455 g/mol. The molecule has 1 aliphatic heterocycles. The number of carbonyl (C=O) groups is 3. The largest absolute Gasteiger partial charge is 0.493 e. The summed E-state index contributed by atoms with van der Waals surface area (Å²) < 4.78 is 15.6. The predicted octanol–water partition coefficient (Wildman–Crippen LogP) is 2.98. The van der Waals surface area contributed by atoms with Crippen molar-refractivity contribution in [1.82, 2.24) is 10.2 Å². The Morgan fingerprint density at radius 2 is 1.73 bits per heavy atom. The van der Waals surface area contributed by atoms with Gasteiger partial charge in [0.25, 0.3) is 5.91 Å². The maximum absolute atomic E-state index is 12.8. The first-order valence-electron chi connectivity index (χ1n) is 11.0. The molecule has 2 aromatic carbocycles. The Balaban J connectivity index is 1.46. The van der Waals surface area contributed by atoms with Gasteiger partial charge in [-0.3, -0.25) is 14.4 Å². The summed E-state index contributed by atoms with van der Waals surface area (Å²) in [5, 5.41) is 3.08. The number of methoxy groups -OCH3 is 2. The third-order valence-corrected chi connectivity index (χ3v) is 5.58. The summed E-state index contributed by atoms with van der Waals surface area (Å²) in [4.78, 5) is 38.1.